The molecule has 3 rings (SSSR count). The van der Waals surface area contributed by atoms with E-state index >= 15 is 0 Å². The normalized spacial score (nSPS) is 16.0. The van der Waals surface area contributed by atoms with Crippen molar-refractivity contribution < 1.29 is 4.79 Å². The number of rotatable bonds is 10. The summed E-state index contributed by atoms with van der Waals surface area (Å²) in [6.07, 6.45) is 1.98. The van der Waals surface area contributed by atoms with Gasteiger partial charge < -0.3 is 19.3 Å². The standard InChI is InChI=1S/C25H41N5O/c1-20(2)17-29(18-21(3)4)25(31)19-30-23-10-7-6-9-22(23)26-24(30)11-8-12-28-15-13-27(5)14-16-28/h6-7,9-10,20-21H,8,11-19H2,1-5H3. The molecule has 0 N–H and O–H groups in total. The molecule has 0 bridgehead atoms. The highest BCUT2D eigenvalue weighted by atomic mass is 16.2. The average molecular weight is 428 g/mol. The van der Waals surface area contributed by atoms with Crippen molar-refractivity contribution in [2.75, 3.05) is 52.9 Å². The predicted molar refractivity (Wildman–Crippen MR) is 128 cm³/mol. The topological polar surface area (TPSA) is 44.6 Å². The number of aryl methyl sites for hydroxylation is 1. The van der Waals surface area contributed by atoms with Crippen LogP contribution in [-0.4, -0.2) is 83.0 Å². The molecule has 6 heteroatoms. The van der Waals surface area contributed by atoms with Crippen LogP contribution in [0.4, 0.5) is 0 Å². The molecule has 1 aromatic carbocycles. The molecule has 0 saturated carbocycles. The van der Waals surface area contributed by atoms with Crippen LogP contribution in [0.2, 0.25) is 0 Å². The summed E-state index contributed by atoms with van der Waals surface area (Å²) in [5.41, 5.74) is 2.06. The molecule has 0 spiro atoms. The Morgan fingerprint density at radius 2 is 1.68 bits per heavy atom. The second-order valence-electron chi connectivity index (χ2n) is 9.94. The third kappa shape index (κ3) is 6.78. The fraction of sp³-hybridized carbons (Fsp3) is 0.680. The van der Waals surface area contributed by atoms with Gasteiger partial charge in [-0.1, -0.05) is 39.8 Å². The number of carbonyl (C=O) groups excluding carboxylic acids is 1. The van der Waals surface area contributed by atoms with Crippen LogP contribution in [-0.2, 0) is 17.8 Å². The van der Waals surface area contributed by atoms with E-state index in [0.717, 1.165) is 75.5 Å². The van der Waals surface area contributed by atoms with Crippen LogP contribution in [0.5, 0.6) is 0 Å². The highest BCUT2D eigenvalue weighted by Crippen LogP contribution is 2.18. The second kappa shape index (κ2) is 11.1. The second-order valence-corrected chi connectivity index (χ2v) is 9.94. The lowest BCUT2D eigenvalue weighted by molar-refractivity contribution is -0.132. The monoisotopic (exact) mass is 427 g/mol. The van der Waals surface area contributed by atoms with Gasteiger partial charge in [0.15, 0.2) is 0 Å². The van der Waals surface area contributed by atoms with Crippen molar-refractivity contribution in [3.05, 3.63) is 30.1 Å². The van der Waals surface area contributed by atoms with Gasteiger partial charge in [0.25, 0.3) is 0 Å². The molecule has 1 aromatic heterocycles. The smallest absolute Gasteiger partial charge is 0.242 e. The molecule has 1 aliphatic rings. The number of hydrogen-bond acceptors (Lipinski definition) is 4. The van der Waals surface area contributed by atoms with Gasteiger partial charge in [-0.25, -0.2) is 4.98 Å². The van der Waals surface area contributed by atoms with E-state index < -0.39 is 0 Å². The lowest BCUT2D eigenvalue weighted by atomic mass is 10.1. The van der Waals surface area contributed by atoms with Crippen LogP contribution in [0.3, 0.4) is 0 Å². The zero-order chi connectivity index (χ0) is 22.4. The summed E-state index contributed by atoms with van der Waals surface area (Å²) in [7, 11) is 2.19. The summed E-state index contributed by atoms with van der Waals surface area (Å²) in [5, 5.41) is 0. The fourth-order valence-corrected chi connectivity index (χ4v) is 4.42. The number of piperazine rings is 1. The Kier molecular flexibility index (Phi) is 8.50. The molecule has 172 valence electrons. The van der Waals surface area contributed by atoms with Crippen LogP contribution < -0.4 is 0 Å². The van der Waals surface area contributed by atoms with Crippen LogP contribution in [0.15, 0.2) is 24.3 Å². The number of fused-ring (bicyclic) bond motifs is 1. The Bertz CT molecular complexity index is 826. The molecule has 0 radical (unpaired) electrons. The first-order valence-electron chi connectivity index (χ1n) is 12.0. The number of carbonyl (C=O) groups is 1. The highest BCUT2D eigenvalue weighted by Gasteiger charge is 2.20. The first-order chi connectivity index (χ1) is 14.8. The van der Waals surface area contributed by atoms with Gasteiger partial charge in [0.1, 0.15) is 12.4 Å². The van der Waals surface area contributed by atoms with Crippen molar-refractivity contribution in [3.63, 3.8) is 0 Å². The number of imidazole rings is 1. The van der Waals surface area contributed by atoms with E-state index in [-0.39, 0.29) is 5.91 Å². The Balaban J connectivity index is 1.71. The fourth-order valence-electron chi connectivity index (χ4n) is 4.42. The minimum Gasteiger partial charge on any atom is -0.341 e. The SMILES string of the molecule is CC(C)CN(CC(C)C)C(=O)Cn1c(CCCN2CCN(C)CC2)nc2ccccc21. The van der Waals surface area contributed by atoms with Gasteiger partial charge in [-0.05, 0) is 44.0 Å². The molecule has 0 unspecified atom stereocenters. The van der Waals surface area contributed by atoms with Crippen molar-refractivity contribution in [1.29, 1.82) is 0 Å². The molecule has 1 aliphatic heterocycles. The molecule has 0 aliphatic carbocycles. The van der Waals surface area contributed by atoms with Crippen LogP contribution in [0.1, 0.15) is 39.9 Å². The number of benzene rings is 1. The van der Waals surface area contributed by atoms with Gasteiger partial charge in [-0.15, -0.1) is 0 Å². The van der Waals surface area contributed by atoms with Crippen molar-refractivity contribution in [2.24, 2.45) is 11.8 Å². The van der Waals surface area contributed by atoms with Gasteiger partial charge in [-0.3, -0.25) is 4.79 Å². The maximum Gasteiger partial charge on any atom is 0.242 e. The number of para-hydroxylation sites is 2. The minimum atomic E-state index is 0.200. The van der Waals surface area contributed by atoms with Crippen LogP contribution in [0.25, 0.3) is 11.0 Å². The van der Waals surface area contributed by atoms with E-state index in [1.807, 2.05) is 17.0 Å². The van der Waals surface area contributed by atoms with Crippen molar-refractivity contribution in [3.8, 4) is 0 Å². The third-order valence-electron chi connectivity index (χ3n) is 6.02. The summed E-state index contributed by atoms with van der Waals surface area (Å²) in [4.78, 5) is 25.2. The van der Waals surface area contributed by atoms with Gasteiger partial charge in [-0.2, -0.15) is 0 Å². The Labute approximate surface area is 188 Å². The molecule has 2 heterocycles. The average Bonchev–Trinajstić information content (AvgIpc) is 3.06. The highest BCUT2D eigenvalue weighted by molar-refractivity contribution is 5.81. The Hall–Kier alpha value is -1.92. The first-order valence-corrected chi connectivity index (χ1v) is 12.0. The number of hydrogen-bond donors (Lipinski definition) is 0. The minimum absolute atomic E-state index is 0.200. The van der Waals surface area contributed by atoms with E-state index in [1.165, 1.54) is 0 Å². The van der Waals surface area contributed by atoms with Crippen LogP contribution in [0, 0.1) is 11.8 Å². The van der Waals surface area contributed by atoms with Gasteiger partial charge in [0.2, 0.25) is 5.91 Å². The van der Waals surface area contributed by atoms with Gasteiger partial charge in [0.05, 0.1) is 11.0 Å². The lowest BCUT2D eigenvalue weighted by Crippen LogP contribution is -2.44. The number of amides is 1. The van der Waals surface area contributed by atoms with Crippen LogP contribution >= 0.6 is 0 Å². The Morgan fingerprint density at radius 1 is 1.03 bits per heavy atom. The maximum absolute atomic E-state index is 13.3. The molecule has 31 heavy (non-hydrogen) atoms. The summed E-state index contributed by atoms with van der Waals surface area (Å²) < 4.78 is 2.16. The molecule has 6 nitrogen and oxygen atoms in total. The maximum atomic E-state index is 13.3. The van der Waals surface area contributed by atoms with E-state index in [0.29, 0.717) is 18.4 Å². The summed E-state index contributed by atoms with van der Waals surface area (Å²) in [5.74, 6) is 2.17. The molecule has 2 aromatic rings. The number of aromatic nitrogens is 2. The van der Waals surface area contributed by atoms with Gasteiger partial charge >= 0.3 is 0 Å². The lowest BCUT2D eigenvalue weighted by Gasteiger charge is -2.32. The van der Waals surface area contributed by atoms with Crippen molar-refractivity contribution in [2.45, 2.75) is 47.1 Å². The summed E-state index contributed by atoms with van der Waals surface area (Å²) >= 11 is 0. The largest absolute Gasteiger partial charge is 0.341 e. The quantitative estimate of drug-likeness (QED) is 0.583. The number of likely N-dealkylation sites (N-methyl/N-ethyl adjacent to an activating group) is 1. The predicted octanol–water partition coefficient (Wildman–Crippen LogP) is 3.36. The molecule has 1 saturated heterocycles. The zero-order valence-corrected chi connectivity index (χ0v) is 20.2. The van der Waals surface area contributed by atoms with Crippen molar-refractivity contribution in [1.82, 2.24) is 24.3 Å². The van der Waals surface area contributed by atoms with E-state index in [1.54, 1.807) is 0 Å². The molecular formula is C25H41N5O. The Morgan fingerprint density at radius 3 is 2.32 bits per heavy atom. The zero-order valence-electron chi connectivity index (χ0n) is 20.2. The third-order valence-corrected chi connectivity index (χ3v) is 6.02. The summed E-state index contributed by atoms with van der Waals surface area (Å²) in [6, 6.07) is 8.22. The molecular weight excluding hydrogens is 386 g/mol. The number of nitrogens with zero attached hydrogens (tertiary/aromatic N) is 5. The molecule has 1 fully saturated rings. The molecule has 0 atom stereocenters. The summed E-state index contributed by atoms with van der Waals surface area (Å²) in [6.45, 7) is 16.4. The van der Waals surface area contributed by atoms with Crippen molar-refractivity contribution >= 4 is 16.9 Å². The van der Waals surface area contributed by atoms with E-state index in [9.17, 15) is 4.79 Å². The first kappa shape index (κ1) is 23.7. The van der Waals surface area contributed by atoms with E-state index in [2.05, 4.69) is 61.2 Å². The van der Waals surface area contributed by atoms with E-state index in [4.69, 9.17) is 4.98 Å². The molecule has 1 amide bonds. The van der Waals surface area contributed by atoms with Gasteiger partial charge in [0, 0.05) is 45.7 Å².